The van der Waals surface area contributed by atoms with Gasteiger partial charge in [-0.15, -0.1) is 0 Å². The quantitative estimate of drug-likeness (QED) is 0.830. The van der Waals surface area contributed by atoms with E-state index in [-0.39, 0.29) is 40.0 Å². The molecule has 3 rings (SSSR count). The Kier molecular flexibility index (Phi) is 4.18. The molecule has 0 radical (unpaired) electrons. The number of alkyl halides is 3. The first-order chi connectivity index (χ1) is 11.3. The molecule has 1 amide bonds. The Morgan fingerprint density at radius 3 is 2.67 bits per heavy atom. The Hall–Kier alpha value is -2.19. The van der Waals surface area contributed by atoms with Crippen LogP contribution < -0.4 is 10.1 Å². The number of nitrogens with zero attached hydrogens (tertiary/aromatic N) is 1. The molecule has 0 atom stereocenters. The van der Waals surface area contributed by atoms with Crippen LogP contribution in [0, 0.1) is 0 Å². The minimum atomic E-state index is -4.65. The van der Waals surface area contributed by atoms with E-state index in [0.717, 1.165) is 6.07 Å². The summed E-state index contributed by atoms with van der Waals surface area (Å²) in [5.41, 5.74) is -0.755. The topological polar surface area (TPSA) is 50.7 Å². The number of amides is 1. The summed E-state index contributed by atoms with van der Waals surface area (Å²) in [5, 5.41) is 2.40. The summed E-state index contributed by atoms with van der Waals surface area (Å²) >= 11 is 10.5. The number of hydrogen-bond donors (Lipinski definition) is 1. The van der Waals surface area contributed by atoms with Gasteiger partial charge in [-0.05, 0) is 29.8 Å². The Labute approximate surface area is 144 Å². The van der Waals surface area contributed by atoms with Gasteiger partial charge in [0, 0.05) is 18.0 Å². The van der Waals surface area contributed by atoms with Gasteiger partial charge >= 0.3 is 6.18 Å². The van der Waals surface area contributed by atoms with Crippen molar-refractivity contribution in [2.24, 2.45) is 4.36 Å². The molecule has 24 heavy (non-hydrogen) atoms. The number of benzene rings is 2. The molecule has 0 unspecified atom stereocenters. The SMILES string of the molecule is O=C1COc2ccc(-c3c(Cl)cc(N=S)cc3C(F)(F)F)cc2N1. The number of rotatable bonds is 2. The molecule has 0 bridgehead atoms. The predicted molar refractivity (Wildman–Crippen MR) is 85.5 cm³/mol. The van der Waals surface area contributed by atoms with Crippen molar-refractivity contribution in [3.63, 3.8) is 0 Å². The summed E-state index contributed by atoms with van der Waals surface area (Å²) < 4.78 is 48.7. The fourth-order valence-corrected chi connectivity index (χ4v) is 2.83. The maximum Gasteiger partial charge on any atom is 0.417 e. The Bertz CT molecular complexity index is 855. The third-order valence-electron chi connectivity index (χ3n) is 3.39. The Morgan fingerprint density at radius 1 is 1.25 bits per heavy atom. The zero-order valence-corrected chi connectivity index (χ0v) is 13.4. The third-order valence-corrected chi connectivity index (χ3v) is 3.90. The monoisotopic (exact) mass is 372 g/mol. The minimum Gasteiger partial charge on any atom is -0.482 e. The first-order valence-electron chi connectivity index (χ1n) is 6.61. The third kappa shape index (κ3) is 3.07. The normalized spacial score (nSPS) is 13.8. The summed E-state index contributed by atoms with van der Waals surface area (Å²) in [6.45, 7) is -0.143. The smallest absolute Gasteiger partial charge is 0.417 e. The van der Waals surface area contributed by atoms with Crippen molar-refractivity contribution in [3.05, 3.63) is 40.9 Å². The summed E-state index contributed by atoms with van der Waals surface area (Å²) in [4.78, 5) is 11.4. The largest absolute Gasteiger partial charge is 0.482 e. The van der Waals surface area contributed by atoms with Gasteiger partial charge < -0.3 is 10.1 Å². The van der Waals surface area contributed by atoms with Gasteiger partial charge in [0.1, 0.15) is 5.75 Å². The van der Waals surface area contributed by atoms with E-state index in [1.165, 1.54) is 24.3 Å². The number of ether oxygens (including phenoxy) is 1. The number of carbonyl (C=O) groups excluding carboxylic acids is 1. The second-order valence-electron chi connectivity index (χ2n) is 4.99. The Morgan fingerprint density at radius 2 is 2.00 bits per heavy atom. The van der Waals surface area contributed by atoms with Crippen LogP contribution in [0.3, 0.4) is 0 Å². The molecule has 1 heterocycles. The van der Waals surface area contributed by atoms with Crippen LogP contribution in [0.25, 0.3) is 11.1 Å². The van der Waals surface area contributed by atoms with Gasteiger partial charge in [0.05, 0.1) is 22.0 Å². The van der Waals surface area contributed by atoms with Crippen LogP contribution in [-0.2, 0) is 23.4 Å². The fraction of sp³-hybridized carbons (Fsp3) is 0.133. The van der Waals surface area contributed by atoms with Gasteiger partial charge in [-0.3, -0.25) is 4.79 Å². The lowest BCUT2D eigenvalue weighted by Crippen LogP contribution is -2.25. The summed E-state index contributed by atoms with van der Waals surface area (Å²) in [6, 6.07) is 6.40. The highest BCUT2D eigenvalue weighted by molar-refractivity contribution is 7.47. The number of halogens is 4. The molecular weight excluding hydrogens is 365 g/mol. The van der Waals surface area contributed by atoms with Crippen molar-refractivity contribution in [1.29, 1.82) is 0 Å². The van der Waals surface area contributed by atoms with Crippen molar-refractivity contribution >= 4 is 41.3 Å². The zero-order chi connectivity index (χ0) is 17.5. The molecule has 9 heteroatoms. The number of carbonyl (C=O) groups is 1. The van der Waals surface area contributed by atoms with E-state index in [1.54, 1.807) is 0 Å². The van der Waals surface area contributed by atoms with Crippen molar-refractivity contribution in [2.75, 3.05) is 11.9 Å². The molecule has 0 saturated heterocycles. The van der Waals surface area contributed by atoms with Crippen molar-refractivity contribution in [1.82, 2.24) is 0 Å². The second-order valence-corrected chi connectivity index (χ2v) is 5.58. The van der Waals surface area contributed by atoms with Crippen LogP contribution >= 0.6 is 11.6 Å². The minimum absolute atomic E-state index is 0.0549. The average molecular weight is 373 g/mol. The standard InChI is InChI=1S/C15H8ClF3N2O2S/c16-10-5-8(21-24)4-9(15(17,18)19)14(10)7-1-2-12-11(3-7)20-13(22)6-23-12/h1-5H,6H2,(H,20,22). The van der Waals surface area contributed by atoms with Crippen molar-refractivity contribution in [2.45, 2.75) is 6.18 Å². The van der Waals surface area contributed by atoms with E-state index < -0.39 is 11.7 Å². The first kappa shape index (κ1) is 16.7. The molecule has 1 aliphatic heterocycles. The van der Waals surface area contributed by atoms with Crippen molar-refractivity contribution in [3.8, 4) is 16.9 Å². The highest BCUT2D eigenvalue weighted by atomic mass is 35.5. The maximum absolute atomic E-state index is 13.4. The van der Waals surface area contributed by atoms with E-state index in [9.17, 15) is 18.0 Å². The van der Waals surface area contributed by atoms with Gasteiger partial charge in [-0.1, -0.05) is 17.7 Å². The lowest BCUT2D eigenvalue weighted by molar-refractivity contribution is -0.137. The molecule has 2 aromatic carbocycles. The molecule has 0 fully saturated rings. The maximum atomic E-state index is 13.4. The molecule has 1 N–H and O–H groups in total. The molecule has 0 saturated carbocycles. The first-order valence-corrected chi connectivity index (χ1v) is 7.35. The summed E-state index contributed by atoms with van der Waals surface area (Å²) in [5.74, 6) is -0.0118. The number of fused-ring (bicyclic) bond motifs is 1. The van der Waals surface area contributed by atoms with Gasteiger partial charge in [0.15, 0.2) is 6.61 Å². The van der Waals surface area contributed by atoms with Crippen LogP contribution in [0.5, 0.6) is 5.75 Å². The molecular formula is C15H8ClF3N2O2S. The summed E-state index contributed by atoms with van der Waals surface area (Å²) in [6.07, 6.45) is -4.65. The van der Waals surface area contributed by atoms with E-state index >= 15 is 0 Å². The molecule has 0 aliphatic carbocycles. The van der Waals surface area contributed by atoms with Gasteiger partial charge in [0.25, 0.3) is 5.91 Å². The molecule has 0 spiro atoms. The van der Waals surface area contributed by atoms with E-state index in [1.807, 2.05) is 0 Å². The lowest BCUT2D eigenvalue weighted by atomic mass is 9.97. The molecule has 1 aliphatic rings. The molecule has 2 aromatic rings. The molecule has 4 nitrogen and oxygen atoms in total. The van der Waals surface area contributed by atoms with Gasteiger partial charge in [-0.2, -0.15) is 17.5 Å². The Balaban J connectivity index is 2.21. The molecule has 124 valence electrons. The fourth-order valence-electron chi connectivity index (χ4n) is 2.40. The summed E-state index contributed by atoms with van der Waals surface area (Å²) in [7, 11) is 0. The molecule has 0 aromatic heterocycles. The predicted octanol–water partition coefficient (Wildman–Crippen LogP) is 4.72. The van der Waals surface area contributed by atoms with Gasteiger partial charge in [0.2, 0.25) is 0 Å². The van der Waals surface area contributed by atoms with Crippen LogP contribution in [0.15, 0.2) is 34.7 Å². The number of nitrogens with one attached hydrogen (secondary N) is 1. The van der Waals surface area contributed by atoms with E-state index in [2.05, 4.69) is 22.1 Å². The second kappa shape index (κ2) is 6.03. The lowest BCUT2D eigenvalue weighted by Gasteiger charge is -2.20. The van der Waals surface area contributed by atoms with Crippen LogP contribution in [0.2, 0.25) is 5.02 Å². The number of hydrogen-bond acceptors (Lipinski definition) is 4. The highest BCUT2D eigenvalue weighted by Crippen LogP contribution is 2.44. The van der Waals surface area contributed by atoms with Crippen molar-refractivity contribution < 1.29 is 22.7 Å². The number of anilines is 1. The van der Waals surface area contributed by atoms with E-state index in [0.29, 0.717) is 5.75 Å². The zero-order valence-electron chi connectivity index (χ0n) is 11.8. The average Bonchev–Trinajstić information content (AvgIpc) is 2.52. The van der Waals surface area contributed by atoms with Crippen LogP contribution in [0.1, 0.15) is 5.56 Å². The van der Waals surface area contributed by atoms with Gasteiger partial charge in [-0.25, -0.2) is 0 Å². The van der Waals surface area contributed by atoms with E-state index in [4.69, 9.17) is 16.3 Å². The van der Waals surface area contributed by atoms with Crippen LogP contribution in [-0.4, -0.2) is 12.5 Å². The highest BCUT2D eigenvalue weighted by Gasteiger charge is 2.35. The van der Waals surface area contributed by atoms with Crippen LogP contribution in [0.4, 0.5) is 24.5 Å².